The average molecular weight is 522 g/mol. The normalized spacial score (nSPS) is 16.5. The summed E-state index contributed by atoms with van der Waals surface area (Å²) < 4.78 is 34.1. The number of rotatable bonds is 5. The van der Waals surface area contributed by atoms with Crippen LogP contribution in [-0.2, 0) is 34.3 Å². The van der Waals surface area contributed by atoms with Gasteiger partial charge in [-0.25, -0.2) is 22.8 Å². The van der Waals surface area contributed by atoms with E-state index in [0.717, 1.165) is 16.8 Å². The lowest BCUT2D eigenvalue weighted by atomic mass is 10.1. The summed E-state index contributed by atoms with van der Waals surface area (Å²) in [6, 6.07) is 16.9. The summed E-state index contributed by atoms with van der Waals surface area (Å²) in [5.74, 6) is 0. The van der Waals surface area contributed by atoms with Gasteiger partial charge < -0.3 is 9.64 Å². The van der Waals surface area contributed by atoms with Crippen LogP contribution in [-0.4, -0.2) is 52.8 Å². The van der Waals surface area contributed by atoms with Crippen LogP contribution in [0.15, 0.2) is 61.1 Å². The summed E-state index contributed by atoms with van der Waals surface area (Å²) in [5.41, 5.74) is 3.06. The number of hydrogen-bond donors (Lipinski definition) is 0. The van der Waals surface area contributed by atoms with Crippen LogP contribution >= 0.6 is 0 Å². The highest BCUT2D eigenvalue weighted by molar-refractivity contribution is 7.88. The van der Waals surface area contributed by atoms with E-state index in [-0.39, 0.29) is 12.6 Å². The first-order valence-corrected chi connectivity index (χ1v) is 13.8. The van der Waals surface area contributed by atoms with Gasteiger partial charge in [-0.2, -0.15) is 9.57 Å². The van der Waals surface area contributed by atoms with Crippen LogP contribution in [0.4, 0.5) is 10.5 Å². The average Bonchev–Trinajstić information content (AvgIpc) is 3.23. The van der Waals surface area contributed by atoms with Gasteiger partial charge in [0.2, 0.25) is 10.0 Å². The Bertz CT molecular complexity index is 1420. The van der Waals surface area contributed by atoms with E-state index in [2.05, 4.69) is 16.0 Å². The van der Waals surface area contributed by atoms with Crippen LogP contribution in [0, 0.1) is 11.3 Å². The number of aromatic nitrogens is 2. The monoisotopic (exact) mass is 521 g/mol. The molecular formula is C27H31N5O4S. The molecule has 2 heterocycles. The second-order valence-electron chi connectivity index (χ2n) is 10.2. The van der Waals surface area contributed by atoms with Crippen LogP contribution in [0.3, 0.4) is 0 Å². The third-order valence-corrected chi connectivity index (χ3v) is 7.33. The number of nitriles is 1. The Morgan fingerprint density at radius 3 is 2.57 bits per heavy atom. The second kappa shape index (κ2) is 10.4. The van der Waals surface area contributed by atoms with E-state index in [9.17, 15) is 18.5 Å². The summed E-state index contributed by atoms with van der Waals surface area (Å²) in [5, 5.41) is 9.47. The lowest BCUT2D eigenvalue weighted by molar-refractivity contribution is 0.0536. The van der Waals surface area contributed by atoms with Crippen molar-refractivity contribution >= 4 is 21.8 Å². The van der Waals surface area contributed by atoms with E-state index in [0.29, 0.717) is 30.8 Å². The number of carbonyl (C=O) groups is 1. The molecule has 0 aliphatic carbocycles. The molecule has 0 bridgehead atoms. The summed E-state index contributed by atoms with van der Waals surface area (Å²) in [6.07, 6.45) is 4.27. The number of ether oxygens (including phenoxy) is 1. The maximum Gasteiger partial charge on any atom is 0.419 e. The Morgan fingerprint density at radius 2 is 1.92 bits per heavy atom. The van der Waals surface area contributed by atoms with Crippen molar-refractivity contribution in [3.8, 4) is 6.07 Å². The number of hydrogen-bond acceptors (Lipinski definition) is 7. The number of benzene rings is 2. The predicted octanol–water partition coefficient (Wildman–Crippen LogP) is 3.93. The second-order valence-corrected chi connectivity index (χ2v) is 12.2. The molecule has 0 amide bonds. The molecule has 0 saturated carbocycles. The van der Waals surface area contributed by atoms with Crippen molar-refractivity contribution in [1.82, 2.24) is 13.9 Å². The molecule has 0 spiro atoms. The quantitative estimate of drug-likeness (QED) is 0.500. The molecule has 0 fully saturated rings. The zero-order valence-corrected chi connectivity index (χ0v) is 22.3. The summed E-state index contributed by atoms with van der Waals surface area (Å²) in [6.45, 7) is 6.30. The van der Waals surface area contributed by atoms with Gasteiger partial charge in [0.1, 0.15) is 11.9 Å². The predicted molar refractivity (Wildman–Crippen MR) is 140 cm³/mol. The third kappa shape index (κ3) is 6.56. The minimum Gasteiger partial charge on any atom is -0.443 e. The fraction of sp³-hybridized carbons (Fsp3) is 0.370. The Balaban J connectivity index is 1.70. The van der Waals surface area contributed by atoms with Gasteiger partial charge in [0.15, 0.2) is 0 Å². The van der Waals surface area contributed by atoms with E-state index in [1.807, 2.05) is 36.4 Å². The van der Waals surface area contributed by atoms with Crippen molar-refractivity contribution in [2.75, 3.05) is 17.7 Å². The van der Waals surface area contributed by atoms with E-state index in [1.165, 1.54) is 21.5 Å². The van der Waals surface area contributed by atoms with Crippen molar-refractivity contribution in [3.63, 3.8) is 0 Å². The molecule has 194 valence electrons. The standard InChI is InChI=1S/C27H31N5O4S/c1-27(2,3)36-26(33)31-17-23(29-19-31)16-30-18-24(13-20-8-6-5-7-9-20)32(37(4,34)35)15-22-12-21(14-28)10-11-25(22)30/h5-12,17,19,24H,13,15-16,18H2,1-4H3/t24-/m1/s1. The van der Waals surface area contributed by atoms with Gasteiger partial charge in [0, 0.05) is 31.0 Å². The minimum atomic E-state index is -3.56. The fourth-order valence-electron chi connectivity index (χ4n) is 4.48. The molecular weight excluding hydrogens is 490 g/mol. The Morgan fingerprint density at radius 1 is 1.19 bits per heavy atom. The highest BCUT2D eigenvalue weighted by atomic mass is 32.2. The molecule has 1 aliphatic heterocycles. The van der Waals surface area contributed by atoms with E-state index >= 15 is 0 Å². The van der Waals surface area contributed by atoms with Crippen molar-refractivity contribution in [3.05, 3.63) is 83.4 Å². The van der Waals surface area contributed by atoms with Gasteiger partial charge in [0.05, 0.1) is 30.1 Å². The maximum absolute atomic E-state index is 12.9. The van der Waals surface area contributed by atoms with Gasteiger partial charge in [-0.05, 0) is 56.5 Å². The molecule has 37 heavy (non-hydrogen) atoms. The first-order valence-electron chi connectivity index (χ1n) is 12.0. The number of nitrogens with zero attached hydrogens (tertiary/aromatic N) is 5. The van der Waals surface area contributed by atoms with Crippen molar-refractivity contribution < 1.29 is 17.9 Å². The smallest absolute Gasteiger partial charge is 0.419 e. The molecule has 9 nitrogen and oxygen atoms in total. The number of fused-ring (bicyclic) bond motifs is 1. The van der Waals surface area contributed by atoms with Crippen molar-refractivity contribution in [1.29, 1.82) is 5.26 Å². The molecule has 4 rings (SSSR count). The minimum absolute atomic E-state index is 0.157. The largest absolute Gasteiger partial charge is 0.443 e. The molecule has 10 heteroatoms. The van der Waals surface area contributed by atoms with Gasteiger partial charge in [0.25, 0.3) is 0 Å². The Hall–Kier alpha value is -3.68. The first-order chi connectivity index (χ1) is 17.4. The molecule has 1 aliphatic rings. The maximum atomic E-state index is 12.9. The van der Waals surface area contributed by atoms with Crippen LogP contribution in [0.25, 0.3) is 0 Å². The SMILES string of the molecule is CC(C)(C)OC(=O)n1cnc(CN2C[C@@H](Cc3ccccc3)N(S(C)(=O)=O)Cc3cc(C#N)ccc32)c1. The molecule has 0 saturated heterocycles. The lowest BCUT2D eigenvalue weighted by Crippen LogP contribution is -2.45. The zero-order chi connectivity index (χ0) is 26.8. The number of sulfonamides is 1. The third-order valence-electron chi connectivity index (χ3n) is 6.05. The molecule has 3 aromatic rings. The highest BCUT2D eigenvalue weighted by Crippen LogP contribution is 2.32. The summed E-state index contributed by atoms with van der Waals surface area (Å²) in [7, 11) is -3.56. The number of carbonyl (C=O) groups excluding carboxylic acids is 1. The van der Waals surface area contributed by atoms with Crippen LogP contribution in [0.1, 0.15) is 43.2 Å². The van der Waals surface area contributed by atoms with Crippen LogP contribution < -0.4 is 4.90 Å². The Labute approximate surface area is 218 Å². The summed E-state index contributed by atoms with van der Waals surface area (Å²) >= 11 is 0. The molecule has 0 unspecified atom stereocenters. The summed E-state index contributed by atoms with van der Waals surface area (Å²) in [4.78, 5) is 19.0. The lowest BCUT2D eigenvalue weighted by Gasteiger charge is -2.31. The van der Waals surface area contributed by atoms with Crippen molar-refractivity contribution in [2.45, 2.75) is 51.9 Å². The molecule has 0 N–H and O–H groups in total. The van der Waals surface area contributed by atoms with E-state index in [4.69, 9.17) is 4.74 Å². The topological polar surface area (TPSA) is 109 Å². The van der Waals surface area contributed by atoms with Gasteiger partial charge >= 0.3 is 6.09 Å². The molecule has 1 aromatic heterocycles. The van der Waals surface area contributed by atoms with Gasteiger partial charge in [-0.3, -0.25) is 0 Å². The number of anilines is 1. The van der Waals surface area contributed by atoms with Crippen molar-refractivity contribution in [2.24, 2.45) is 0 Å². The van der Waals surface area contributed by atoms with Gasteiger partial charge in [-0.1, -0.05) is 30.3 Å². The molecule has 2 aromatic carbocycles. The van der Waals surface area contributed by atoms with Crippen LogP contribution in [0.5, 0.6) is 0 Å². The Kier molecular flexibility index (Phi) is 7.39. The zero-order valence-electron chi connectivity index (χ0n) is 21.5. The molecule has 1 atom stereocenters. The van der Waals surface area contributed by atoms with E-state index < -0.39 is 21.7 Å². The number of imidazole rings is 1. The van der Waals surface area contributed by atoms with Crippen LogP contribution in [0.2, 0.25) is 0 Å². The highest BCUT2D eigenvalue weighted by Gasteiger charge is 2.34. The van der Waals surface area contributed by atoms with Gasteiger partial charge in [-0.15, -0.1) is 0 Å². The molecule has 0 radical (unpaired) electrons. The first kappa shape index (κ1) is 26.4. The van der Waals surface area contributed by atoms with E-state index in [1.54, 1.807) is 39.1 Å². The fourth-order valence-corrected chi connectivity index (χ4v) is 5.53.